The Balaban J connectivity index is 2.17. The second-order valence-electron chi connectivity index (χ2n) is 3.12. The Bertz CT molecular complexity index is 485. The molecule has 1 heterocycles. The predicted octanol–water partition coefficient (Wildman–Crippen LogP) is 1.80. The SMILES string of the molecule is NCc1noc(-c2ccc(OC(F)F)cc2)n1. The molecule has 0 saturated carbocycles. The van der Waals surface area contributed by atoms with Crippen molar-refractivity contribution in [3.63, 3.8) is 0 Å². The van der Waals surface area contributed by atoms with Gasteiger partial charge in [0.2, 0.25) is 0 Å². The van der Waals surface area contributed by atoms with E-state index in [9.17, 15) is 8.78 Å². The fourth-order valence-electron chi connectivity index (χ4n) is 1.23. The van der Waals surface area contributed by atoms with Gasteiger partial charge in [0.1, 0.15) is 5.75 Å². The van der Waals surface area contributed by atoms with Crippen LogP contribution in [0, 0.1) is 0 Å². The number of aromatic nitrogens is 2. The zero-order valence-electron chi connectivity index (χ0n) is 8.64. The van der Waals surface area contributed by atoms with Crippen LogP contribution in [0.5, 0.6) is 5.75 Å². The highest BCUT2D eigenvalue weighted by molar-refractivity contribution is 5.54. The van der Waals surface area contributed by atoms with Gasteiger partial charge in [0, 0.05) is 5.56 Å². The van der Waals surface area contributed by atoms with Gasteiger partial charge in [-0.15, -0.1) is 0 Å². The Morgan fingerprint density at radius 2 is 2.00 bits per heavy atom. The molecule has 2 rings (SSSR count). The molecule has 17 heavy (non-hydrogen) atoms. The van der Waals surface area contributed by atoms with Crippen molar-refractivity contribution in [3.8, 4) is 17.2 Å². The Morgan fingerprint density at radius 1 is 1.29 bits per heavy atom. The average Bonchev–Trinajstić information content (AvgIpc) is 2.78. The molecule has 0 bridgehead atoms. The summed E-state index contributed by atoms with van der Waals surface area (Å²) in [4.78, 5) is 4.00. The molecular weight excluding hydrogens is 232 g/mol. The fraction of sp³-hybridized carbons (Fsp3) is 0.200. The van der Waals surface area contributed by atoms with Crippen LogP contribution in [-0.4, -0.2) is 16.8 Å². The summed E-state index contributed by atoms with van der Waals surface area (Å²) in [5, 5.41) is 3.62. The Kier molecular flexibility index (Phi) is 3.29. The van der Waals surface area contributed by atoms with E-state index >= 15 is 0 Å². The van der Waals surface area contributed by atoms with Crippen LogP contribution in [0.3, 0.4) is 0 Å². The normalized spacial score (nSPS) is 10.8. The molecular formula is C10H9F2N3O2. The third kappa shape index (κ3) is 2.76. The smallest absolute Gasteiger partial charge is 0.387 e. The predicted molar refractivity (Wildman–Crippen MR) is 54.3 cm³/mol. The minimum atomic E-state index is -2.84. The summed E-state index contributed by atoms with van der Waals surface area (Å²) in [6.45, 7) is -2.66. The molecule has 2 aromatic rings. The van der Waals surface area contributed by atoms with Crippen LogP contribution in [-0.2, 0) is 6.54 Å². The largest absolute Gasteiger partial charge is 0.435 e. The van der Waals surface area contributed by atoms with Crippen LogP contribution >= 0.6 is 0 Å². The van der Waals surface area contributed by atoms with E-state index in [1.165, 1.54) is 12.1 Å². The van der Waals surface area contributed by atoms with Crippen LogP contribution in [0.15, 0.2) is 28.8 Å². The standard InChI is InChI=1S/C10H9F2N3O2/c11-10(12)16-7-3-1-6(2-4-7)9-14-8(5-13)15-17-9/h1-4,10H,5,13H2. The van der Waals surface area contributed by atoms with Crippen molar-refractivity contribution >= 4 is 0 Å². The van der Waals surface area contributed by atoms with Gasteiger partial charge in [0.15, 0.2) is 5.82 Å². The number of alkyl halides is 2. The molecule has 0 radical (unpaired) electrons. The number of ether oxygens (including phenoxy) is 1. The van der Waals surface area contributed by atoms with Crippen LogP contribution < -0.4 is 10.5 Å². The van der Waals surface area contributed by atoms with Crippen LogP contribution in [0.4, 0.5) is 8.78 Å². The van der Waals surface area contributed by atoms with Crippen molar-refractivity contribution in [2.45, 2.75) is 13.2 Å². The molecule has 2 N–H and O–H groups in total. The van der Waals surface area contributed by atoms with Crippen LogP contribution in [0.1, 0.15) is 5.82 Å². The third-order valence-corrected chi connectivity index (χ3v) is 1.98. The van der Waals surface area contributed by atoms with Crippen molar-refractivity contribution in [2.75, 3.05) is 0 Å². The molecule has 0 aliphatic rings. The van der Waals surface area contributed by atoms with Gasteiger partial charge in [-0.3, -0.25) is 0 Å². The fourth-order valence-corrected chi connectivity index (χ4v) is 1.23. The first-order valence-electron chi connectivity index (χ1n) is 4.77. The summed E-state index contributed by atoms with van der Waals surface area (Å²) >= 11 is 0. The molecule has 0 fully saturated rings. The van der Waals surface area contributed by atoms with Gasteiger partial charge < -0.3 is 15.0 Å². The summed E-state index contributed by atoms with van der Waals surface area (Å²) in [5.41, 5.74) is 5.94. The molecule has 0 unspecified atom stereocenters. The highest BCUT2D eigenvalue weighted by atomic mass is 19.3. The van der Waals surface area contributed by atoms with Gasteiger partial charge in [0.05, 0.1) is 6.54 Å². The summed E-state index contributed by atoms with van der Waals surface area (Å²) < 4.78 is 33.0. The lowest BCUT2D eigenvalue weighted by Crippen LogP contribution is -2.01. The lowest BCUT2D eigenvalue weighted by Gasteiger charge is -2.03. The number of hydrogen-bond donors (Lipinski definition) is 1. The Morgan fingerprint density at radius 3 is 2.53 bits per heavy atom. The minimum Gasteiger partial charge on any atom is -0.435 e. The van der Waals surface area contributed by atoms with E-state index in [-0.39, 0.29) is 18.2 Å². The minimum absolute atomic E-state index is 0.0716. The summed E-state index contributed by atoms with van der Waals surface area (Å²) in [6, 6.07) is 5.89. The number of benzene rings is 1. The topological polar surface area (TPSA) is 74.2 Å². The first kappa shape index (κ1) is 11.5. The maximum atomic E-state index is 11.9. The molecule has 7 heteroatoms. The molecule has 5 nitrogen and oxygen atoms in total. The maximum Gasteiger partial charge on any atom is 0.387 e. The summed E-state index contributed by atoms with van der Waals surface area (Å²) in [6.07, 6.45) is 0. The van der Waals surface area contributed by atoms with Crippen LogP contribution in [0.25, 0.3) is 11.5 Å². The van der Waals surface area contributed by atoms with E-state index in [0.717, 1.165) is 0 Å². The quantitative estimate of drug-likeness (QED) is 0.883. The summed E-state index contributed by atoms with van der Waals surface area (Å²) in [7, 11) is 0. The van der Waals surface area contributed by atoms with Gasteiger partial charge in [-0.25, -0.2) is 0 Å². The van der Waals surface area contributed by atoms with E-state index in [4.69, 9.17) is 10.3 Å². The van der Waals surface area contributed by atoms with Gasteiger partial charge in [-0.05, 0) is 24.3 Å². The van der Waals surface area contributed by atoms with Crippen molar-refractivity contribution in [1.29, 1.82) is 0 Å². The lowest BCUT2D eigenvalue weighted by atomic mass is 10.2. The second kappa shape index (κ2) is 4.88. The van der Waals surface area contributed by atoms with Crippen molar-refractivity contribution in [1.82, 2.24) is 10.1 Å². The van der Waals surface area contributed by atoms with E-state index in [1.807, 2.05) is 0 Å². The van der Waals surface area contributed by atoms with E-state index in [1.54, 1.807) is 12.1 Å². The molecule has 0 aliphatic carbocycles. The highest BCUT2D eigenvalue weighted by Crippen LogP contribution is 2.21. The zero-order chi connectivity index (χ0) is 12.3. The van der Waals surface area contributed by atoms with Gasteiger partial charge >= 0.3 is 6.61 Å². The maximum absolute atomic E-state index is 11.9. The van der Waals surface area contributed by atoms with Crippen LogP contribution in [0.2, 0.25) is 0 Å². The molecule has 90 valence electrons. The van der Waals surface area contributed by atoms with Gasteiger partial charge in [-0.1, -0.05) is 5.16 Å². The van der Waals surface area contributed by atoms with E-state index in [2.05, 4.69) is 14.9 Å². The number of rotatable bonds is 4. The summed E-state index contributed by atoms with van der Waals surface area (Å²) in [5.74, 6) is 0.740. The molecule has 0 spiro atoms. The number of hydrogen-bond acceptors (Lipinski definition) is 5. The number of nitrogens with two attached hydrogens (primary N) is 1. The molecule has 0 atom stereocenters. The van der Waals surface area contributed by atoms with Crippen molar-refractivity contribution in [2.24, 2.45) is 5.73 Å². The average molecular weight is 241 g/mol. The molecule has 0 amide bonds. The molecule has 0 saturated heterocycles. The Hall–Kier alpha value is -2.02. The van der Waals surface area contributed by atoms with E-state index < -0.39 is 6.61 Å². The number of nitrogens with zero attached hydrogens (tertiary/aromatic N) is 2. The lowest BCUT2D eigenvalue weighted by molar-refractivity contribution is -0.0498. The Labute approximate surface area is 95.2 Å². The second-order valence-corrected chi connectivity index (χ2v) is 3.12. The van der Waals surface area contributed by atoms with E-state index in [0.29, 0.717) is 11.4 Å². The first-order chi connectivity index (χ1) is 8.19. The third-order valence-electron chi connectivity index (χ3n) is 1.98. The van der Waals surface area contributed by atoms with Gasteiger partial charge in [0.25, 0.3) is 5.89 Å². The van der Waals surface area contributed by atoms with Crippen molar-refractivity contribution < 1.29 is 18.0 Å². The first-order valence-corrected chi connectivity index (χ1v) is 4.77. The molecule has 1 aromatic carbocycles. The number of halogens is 2. The van der Waals surface area contributed by atoms with Gasteiger partial charge in [-0.2, -0.15) is 13.8 Å². The monoisotopic (exact) mass is 241 g/mol. The van der Waals surface area contributed by atoms with Crippen molar-refractivity contribution in [3.05, 3.63) is 30.1 Å². The highest BCUT2D eigenvalue weighted by Gasteiger charge is 2.09. The molecule has 1 aromatic heterocycles. The molecule has 0 aliphatic heterocycles. The zero-order valence-corrected chi connectivity index (χ0v) is 8.64.